The highest BCUT2D eigenvalue weighted by atomic mass is 32.2. The van der Waals surface area contributed by atoms with Gasteiger partial charge in [0.05, 0.1) is 5.75 Å². The smallest absolute Gasteiger partial charge is 0.253 e. The summed E-state index contributed by atoms with van der Waals surface area (Å²) in [6.07, 6.45) is 1.87. The monoisotopic (exact) mass is 316 g/mol. The zero-order valence-corrected chi connectivity index (χ0v) is 13.6. The van der Waals surface area contributed by atoms with Crippen LogP contribution in [0.5, 0.6) is 0 Å². The van der Waals surface area contributed by atoms with Crippen molar-refractivity contribution in [3.63, 3.8) is 0 Å². The normalized spacial score (nSPS) is 11.7. The third-order valence-electron chi connectivity index (χ3n) is 3.26. The van der Waals surface area contributed by atoms with Gasteiger partial charge in [-0.25, -0.2) is 8.42 Å². The molecule has 4 nitrogen and oxygen atoms in total. The van der Waals surface area contributed by atoms with E-state index in [2.05, 4.69) is 4.40 Å². The van der Waals surface area contributed by atoms with Gasteiger partial charge in [0, 0.05) is 26.0 Å². The van der Waals surface area contributed by atoms with Crippen LogP contribution >= 0.6 is 0 Å². The molecule has 22 heavy (non-hydrogen) atoms. The van der Waals surface area contributed by atoms with Crippen LogP contribution in [-0.4, -0.2) is 34.5 Å². The van der Waals surface area contributed by atoms with Crippen molar-refractivity contribution in [1.82, 2.24) is 0 Å². The SMILES string of the molecule is CN(C)c1ccc(/C=N/S(=O)(=O)CCc2ccccc2)cc1. The van der Waals surface area contributed by atoms with Gasteiger partial charge in [0.1, 0.15) is 0 Å². The molecule has 0 atom stereocenters. The standard InChI is InChI=1S/C17H20N2O2S/c1-19(2)17-10-8-16(9-11-17)14-18-22(20,21)13-12-15-6-4-3-5-7-15/h3-11,14H,12-13H2,1-2H3/b18-14+. The lowest BCUT2D eigenvalue weighted by molar-refractivity contribution is 0.597. The molecule has 0 heterocycles. The Kier molecular flexibility index (Phi) is 5.33. The lowest BCUT2D eigenvalue weighted by Crippen LogP contribution is -2.08. The molecular weight excluding hydrogens is 296 g/mol. The molecule has 0 aliphatic rings. The quantitative estimate of drug-likeness (QED) is 0.770. The Morgan fingerprint density at radius 1 is 1.00 bits per heavy atom. The predicted molar refractivity (Wildman–Crippen MR) is 92.3 cm³/mol. The number of sulfonamides is 1. The molecule has 0 N–H and O–H groups in total. The summed E-state index contributed by atoms with van der Waals surface area (Å²) in [5.41, 5.74) is 2.83. The lowest BCUT2D eigenvalue weighted by atomic mass is 10.2. The molecule has 0 aliphatic heterocycles. The third-order valence-corrected chi connectivity index (χ3v) is 4.41. The Hall–Kier alpha value is -2.14. The van der Waals surface area contributed by atoms with Crippen molar-refractivity contribution in [1.29, 1.82) is 0 Å². The molecular formula is C17H20N2O2S. The highest BCUT2D eigenvalue weighted by Crippen LogP contribution is 2.11. The molecule has 0 bridgehead atoms. The van der Waals surface area contributed by atoms with Gasteiger partial charge in [0.25, 0.3) is 10.0 Å². The predicted octanol–water partition coefficient (Wildman–Crippen LogP) is 2.74. The minimum atomic E-state index is -3.45. The van der Waals surface area contributed by atoms with Crippen molar-refractivity contribution in [3.05, 3.63) is 65.7 Å². The minimum absolute atomic E-state index is 0.0172. The fourth-order valence-corrected chi connectivity index (χ4v) is 2.83. The average molecular weight is 316 g/mol. The molecule has 5 heteroatoms. The minimum Gasteiger partial charge on any atom is -0.378 e. The Morgan fingerprint density at radius 3 is 2.23 bits per heavy atom. The first kappa shape index (κ1) is 16.2. The molecule has 0 fully saturated rings. The van der Waals surface area contributed by atoms with E-state index in [-0.39, 0.29) is 5.75 Å². The molecule has 2 rings (SSSR count). The lowest BCUT2D eigenvalue weighted by Gasteiger charge is -2.11. The van der Waals surface area contributed by atoms with E-state index in [9.17, 15) is 8.42 Å². The molecule has 2 aromatic carbocycles. The average Bonchev–Trinajstić information content (AvgIpc) is 2.53. The van der Waals surface area contributed by atoms with E-state index >= 15 is 0 Å². The number of anilines is 1. The zero-order valence-electron chi connectivity index (χ0n) is 12.8. The van der Waals surface area contributed by atoms with E-state index in [1.807, 2.05) is 73.6 Å². The van der Waals surface area contributed by atoms with Gasteiger partial charge < -0.3 is 4.90 Å². The summed E-state index contributed by atoms with van der Waals surface area (Å²) in [4.78, 5) is 1.98. The van der Waals surface area contributed by atoms with Crippen molar-refractivity contribution in [2.24, 2.45) is 4.40 Å². The first-order chi connectivity index (χ1) is 10.5. The highest BCUT2D eigenvalue weighted by molar-refractivity contribution is 7.90. The molecule has 0 aliphatic carbocycles. The molecule has 0 saturated carbocycles. The number of hydrogen-bond acceptors (Lipinski definition) is 3. The first-order valence-electron chi connectivity index (χ1n) is 7.06. The largest absolute Gasteiger partial charge is 0.378 e. The van der Waals surface area contributed by atoms with Crippen molar-refractivity contribution >= 4 is 21.9 Å². The van der Waals surface area contributed by atoms with E-state index in [0.29, 0.717) is 6.42 Å². The third kappa shape index (κ3) is 5.00. The van der Waals surface area contributed by atoms with Gasteiger partial charge in [-0.15, -0.1) is 0 Å². The van der Waals surface area contributed by atoms with Crippen LogP contribution in [0.15, 0.2) is 59.0 Å². The van der Waals surface area contributed by atoms with Crippen LogP contribution < -0.4 is 4.90 Å². The molecule has 0 saturated heterocycles. The van der Waals surface area contributed by atoms with Gasteiger partial charge in [-0.3, -0.25) is 0 Å². The maximum absolute atomic E-state index is 11.9. The summed E-state index contributed by atoms with van der Waals surface area (Å²) < 4.78 is 27.6. The zero-order chi connectivity index (χ0) is 16.0. The number of aryl methyl sites for hydroxylation is 1. The van der Waals surface area contributed by atoms with Gasteiger partial charge >= 0.3 is 0 Å². The van der Waals surface area contributed by atoms with E-state index in [0.717, 1.165) is 16.8 Å². The van der Waals surface area contributed by atoms with E-state index in [1.54, 1.807) is 0 Å². The molecule has 0 aromatic heterocycles. The topological polar surface area (TPSA) is 49.7 Å². The van der Waals surface area contributed by atoms with Crippen molar-refractivity contribution < 1.29 is 8.42 Å². The number of rotatable bonds is 6. The van der Waals surface area contributed by atoms with Gasteiger partial charge in [0.15, 0.2) is 0 Å². The molecule has 0 radical (unpaired) electrons. The summed E-state index contributed by atoms with van der Waals surface area (Å²) in [6.45, 7) is 0. The molecule has 0 amide bonds. The van der Waals surface area contributed by atoms with Crippen molar-refractivity contribution in [2.45, 2.75) is 6.42 Å². The van der Waals surface area contributed by atoms with Crippen LogP contribution in [0.4, 0.5) is 5.69 Å². The summed E-state index contributed by atoms with van der Waals surface area (Å²) in [5, 5.41) is 0. The van der Waals surface area contributed by atoms with E-state index in [1.165, 1.54) is 6.21 Å². The fourth-order valence-electron chi connectivity index (χ4n) is 1.94. The molecule has 0 spiro atoms. The number of benzene rings is 2. The van der Waals surface area contributed by atoms with Crippen molar-refractivity contribution in [3.8, 4) is 0 Å². The molecule has 0 unspecified atom stereocenters. The Bertz CT molecular complexity index is 721. The van der Waals surface area contributed by atoms with Crippen LogP contribution in [-0.2, 0) is 16.4 Å². The van der Waals surface area contributed by atoms with Gasteiger partial charge in [-0.2, -0.15) is 4.40 Å². The summed E-state index contributed by atoms with van der Waals surface area (Å²) >= 11 is 0. The van der Waals surface area contributed by atoms with Crippen LogP contribution in [0, 0.1) is 0 Å². The second-order valence-electron chi connectivity index (χ2n) is 5.24. The summed E-state index contributed by atoms with van der Waals surface area (Å²) in [7, 11) is 0.466. The summed E-state index contributed by atoms with van der Waals surface area (Å²) in [6, 6.07) is 17.1. The van der Waals surface area contributed by atoms with Crippen LogP contribution in [0.1, 0.15) is 11.1 Å². The van der Waals surface area contributed by atoms with Crippen molar-refractivity contribution in [2.75, 3.05) is 24.7 Å². The number of hydrogen-bond donors (Lipinski definition) is 0. The second kappa shape index (κ2) is 7.22. The number of nitrogens with zero attached hydrogens (tertiary/aromatic N) is 2. The van der Waals surface area contributed by atoms with Crippen LogP contribution in [0.3, 0.4) is 0 Å². The first-order valence-corrected chi connectivity index (χ1v) is 8.66. The summed E-state index contributed by atoms with van der Waals surface area (Å²) in [5.74, 6) is 0.0172. The van der Waals surface area contributed by atoms with Gasteiger partial charge in [0.2, 0.25) is 0 Å². The van der Waals surface area contributed by atoms with E-state index < -0.39 is 10.0 Å². The van der Waals surface area contributed by atoms with E-state index in [4.69, 9.17) is 0 Å². The highest BCUT2D eigenvalue weighted by Gasteiger charge is 2.07. The van der Waals surface area contributed by atoms with Gasteiger partial charge in [-0.05, 0) is 29.7 Å². The van der Waals surface area contributed by atoms with Gasteiger partial charge in [-0.1, -0.05) is 42.5 Å². The Morgan fingerprint density at radius 2 is 1.64 bits per heavy atom. The molecule has 116 valence electrons. The van der Waals surface area contributed by atoms with Crippen LogP contribution in [0.25, 0.3) is 0 Å². The maximum atomic E-state index is 11.9. The Balaban J connectivity index is 1.98. The molecule has 2 aromatic rings. The maximum Gasteiger partial charge on any atom is 0.253 e. The second-order valence-corrected chi connectivity index (χ2v) is 7.03. The Labute approximate surface area is 132 Å². The fraction of sp³-hybridized carbons (Fsp3) is 0.235. The van der Waals surface area contributed by atoms with Crippen LogP contribution in [0.2, 0.25) is 0 Å².